The van der Waals surface area contributed by atoms with Gasteiger partial charge in [-0.05, 0) is 48.9 Å². The van der Waals surface area contributed by atoms with E-state index in [-0.39, 0.29) is 0 Å². The second kappa shape index (κ2) is 6.13. The summed E-state index contributed by atoms with van der Waals surface area (Å²) in [4.78, 5) is 0. The molecular weight excluding hydrogens is 244 g/mol. The molecule has 0 atom stereocenters. The van der Waals surface area contributed by atoms with Crippen LogP contribution in [0.3, 0.4) is 0 Å². The Labute approximate surface area is 122 Å². The predicted molar refractivity (Wildman–Crippen MR) is 85.5 cm³/mol. The molecule has 0 saturated heterocycles. The van der Waals surface area contributed by atoms with Crippen molar-refractivity contribution in [3.8, 4) is 5.75 Å². The van der Waals surface area contributed by atoms with Crippen molar-refractivity contribution in [1.29, 1.82) is 0 Å². The number of ether oxygens (including phenoxy) is 1. The maximum Gasteiger partial charge on any atom is 0.125 e. The Morgan fingerprint density at radius 2 is 1.60 bits per heavy atom. The average Bonchev–Trinajstić information content (AvgIpc) is 2.37. The van der Waals surface area contributed by atoms with Crippen molar-refractivity contribution < 1.29 is 4.74 Å². The van der Waals surface area contributed by atoms with Crippen molar-refractivity contribution in [1.82, 2.24) is 0 Å². The summed E-state index contributed by atoms with van der Waals surface area (Å²) in [5, 5.41) is 0. The lowest BCUT2D eigenvalue weighted by molar-refractivity contribution is 0.302. The highest BCUT2D eigenvalue weighted by Crippen LogP contribution is 2.28. The first-order valence-electron chi connectivity index (χ1n) is 7.27. The summed E-state index contributed by atoms with van der Waals surface area (Å²) in [6.45, 7) is 11.4. The molecule has 2 aromatic carbocycles. The number of benzene rings is 2. The number of rotatable bonds is 4. The summed E-state index contributed by atoms with van der Waals surface area (Å²) in [5.41, 5.74) is 6.32. The van der Waals surface area contributed by atoms with Crippen LogP contribution < -0.4 is 4.74 Å². The van der Waals surface area contributed by atoms with Crippen LogP contribution in [0.15, 0.2) is 36.4 Å². The molecular formula is C19H24O. The van der Waals surface area contributed by atoms with Gasteiger partial charge in [0.1, 0.15) is 12.4 Å². The second-order valence-electron chi connectivity index (χ2n) is 5.92. The molecule has 0 aliphatic heterocycles. The topological polar surface area (TPSA) is 9.23 Å². The van der Waals surface area contributed by atoms with Gasteiger partial charge in [0, 0.05) is 0 Å². The van der Waals surface area contributed by atoms with E-state index in [2.05, 4.69) is 71.0 Å². The summed E-state index contributed by atoms with van der Waals surface area (Å²) < 4.78 is 6.04. The van der Waals surface area contributed by atoms with Gasteiger partial charge in [0.25, 0.3) is 0 Å². The second-order valence-corrected chi connectivity index (χ2v) is 5.92. The minimum absolute atomic E-state index is 0.554. The zero-order valence-corrected chi connectivity index (χ0v) is 13.2. The summed E-state index contributed by atoms with van der Waals surface area (Å²) in [7, 11) is 0. The molecule has 0 amide bonds. The van der Waals surface area contributed by atoms with Gasteiger partial charge in [-0.15, -0.1) is 0 Å². The molecule has 2 aromatic rings. The zero-order valence-electron chi connectivity index (χ0n) is 13.2. The Hall–Kier alpha value is -1.76. The summed E-state index contributed by atoms with van der Waals surface area (Å²) >= 11 is 0. The highest BCUT2D eigenvalue weighted by atomic mass is 16.5. The predicted octanol–water partition coefficient (Wildman–Crippen LogP) is 5.31. The summed E-state index contributed by atoms with van der Waals surface area (Å²) in [5.74, 6) is 1.58. The number of aryl methyl sites for hydroxylation is 3. The zero-order chi connectivity index (χ0) is 14.7. The standard InChI is InChI=1S/C19H24O/c1-13(2)18-10-15(4)19(16(5)11-18)20-12-17-8-6-7-14(3)9-17/h6-11,13H,12H2,1-5H3. The van der Waals surface area contributed by atoms with Gasteiger partial charge in [0.2, 0.25) is 0 Å². The van der Waals surface area contributed by atoms with Crippen LogP contribution in [-0.2, 0) is 6.61 Å². The minimum Gasteiger partial charge on any atom is -0.488 e. The third-order valence-corrected chi connectivity index (χ3v) is 3.61. The van der Waals surface area contributed by atoms with Crippen molar-refractivity contribution in [3.05, 3.63) is 64.2 Å². The quantitative estimate of drug-likeness (QED) is 0.729. The van der Waals surface area contributed by atoms with Crippen LogP contribution in [0.1, 0.15) is 47.6 Å². The fourth-order valence-electron chi connectivity index (χ4n) is 2.50. The van der Waals surface area contributed by atoms with Crippen LogP contribution in [0.4, 0.5) is 0 Å². The molecule has 2 rings (SSSR count). The molecule has 0 fully saturated rings. The Morgan fingerprint density at radius 1 is 0.950 bits per heavy atom. The monoisotopic (exact) mass is 268 g/mol. The van der Waals surface area contributed by atoms with Crippen molar-refractivity contribution in [2.24, 2.45) is 0 Å². The molecule has 0 saturated carbocycles. The number of hydrogen-bond donors (Lipinski definition) is 0. The van der Waals surface area contributed by atoms with E-state index in [9.17, 15) is 0 Å². The molecule has 106 valence electrons. The van der Waals surface area contributed by atoms with E-state index >= 15 is 0 Å². The van der Waals surface area contributed by atoms with Crippen LogP contribution in [-0.4, -0.2) is 0 Å². The van der Waals surface area contributed by atoms with E-state index in [1.54, 1.807) is 0 Å². The lowest BCUT2D eigenvalue weighted by Crippen LogP contribution is -2.01. The highest BCUT2D eigenvalue weighted by Gasteiger charge is 2.09. The molecule has 1 nitrogen and oxygen atoms in total. The van der Waals surface area contributed by atoms with Crippen LogP contribution in [0.25, 0.3) is 0 Å². The molecule has 0 aliphatic rings. The molecule has 0 radical (unpaired) electrons. The van der Waals surface area contributed by atoms with E-state index in [0.717, 1.165) is 5.75 Å². The van der Waals surface area contributed by atoms with Crippen molar-refractivity contribution in [3.63, 3.8) is 0 Å². The molecule has 0 aromatic heterocycles. The first-order chi connectivity index (χ1) is 9.47. The van der Waals surface area contributed by atoms with Gasteiger partial charge in [-0.2, -0.15) is 0 Å². The van der Waals surface area contributed by atoms with Gasteiger partial charge in [-0.25, -0.2) is 0 Å². The van der Waals surface area contributed by atoms with E-state index in [4.69, 9.17) is 4.74 Å². The Bertz CT molecular complexity index is 573. The van der Waals surface area contributed by atoms with Gasteiger partial charge in [-0.3, -0.25) is 0 Å². The fourth-order valence-corrected chi connectivity index (χ4v) is 2.50. The van der Waals surface area contributed by atoms with E-state index in [1.807, 2.05) is 0 Å². The lowest BCUT2D eigenvalue weighted by Gasteiger charge is -2.16. The first-order valence-corrected chi connectivity index (χ1v) is 7.27. The third-order valence-electron chi connectivity index (χ3n) is 3.61. The lowest BCUT2D eigenvalue weighted by atomic mass is 9.98. The summed E-state index contributed by atoms with van der Waals surface area (Å²) in [6, 6.07) is 13.0. The SMILES string of the molecule is Cc1cccc(COc2c(C)cc(C(C)C)cc2C)c1. The highest BCUT2D eigenvalue weighted by molar-refractivity contribution is 5.44. The molecule has 20 heavy (non-hydrogen) atoms. The Kier molecular flexibility index (Phi) is 4.49. The smallest absolute Gasteiger partial charge is 0.125 e. The van der Waals surface area contributed by atoms with Crippen molar-refractivity contribution in [2.45, 2.75) is 47.1 Å². The molecule has 0 spiro atoms. The number of hydrogen-bond acceptors (Lipinski definition) is 1. The van der Waals surface area contributed by atoms with Crippen LogP contribution in [0, 0.1) is 20.8 Å². The first kappa shape index (κ1) is 14.6. The third kappa shape index (κ3) is 3.41. The van der Waals surface area contributed by atoms with Crippen LogP contribution >= 0.6 is 0 Å². The molecule has 0 heterocycles. The van der Waals surface area contributed by atoms with Gasteiger partial charge < -0.3 is 4.74 Å². The van der Waals surface area contributed by atoms with Gasteiger partial charge in [0.15, 0.2) is 0 Å². The normalized spacial score (nSPS) is 10.9. The molecule has 0 unspecified atom stereocenters. The Balaban J connectivity index is 2.18. The summed E-state index contributed by atoms with van der Waals surface area (Å²) in [6.07, 6.45) is 0. The molecule has 1 heteroatoms. The molecule has 0 N–H and O–H groups in total. The van der Waals surface area contributed by atoms with Gasteiger partial charge in [0.05, 0.1) is 0 Å². The molecule has 0 bridgehead atoms. The van der Waals surface area contributed by atoms with Crippen LogP contribution in [0.5, 0.6) is 5.75 Å². The minimum atomic E-state index is 0.554. The van der Waals surface area contributed by atoms with Crippen molar-refractivity contribution in [2.75, 3.05) is 0 Å². The largest absolute Gasteiger partial charge is 0.488 e. The van der Waals surface area contributed by atoms with Crippen molar-refractivity contribution >= 4 is 0 Å². The maximum atomic E-state index is 6.04. The average molecular weight is 268 g/mol. The molecule has 0 aliphatic carbocycles. The fraction of sp³-hybridized carbons (Fsp3) is 0.368. The van der Waals surface area contributed by atoms with Gasteiger partial charge in [-0.1, -0.05) is 55.8 Å². The van der Waals surface area contributed by atoms with E-state index < -0.39 is 0 Å². The maximum absolute atomic E-state index is 6.04. The Morgan fingerprint density at radius 3 is 2.15 bits per heavy atom. The van der Waals surface area contributed by atoms with Crippen LogP contribution in [0.2, 0.25) is 0 Å². The van der Waals surface area contributed by atoms with E-state index in [1.165, 1.54) is 27.8 Å². The van der Waals surface area contributed by atoms with Gasteiger partial charge >= 0.3 is 0 Å². The van der Waals surface area contributed by atoms with E-state index in [0.29, 0.717) is 12.5 Å².